The van der Waals surface area contributed by atoms with E-state index in [1.54, 1.807) is 4.68 Å². The topological polar surface area (TPSA) is 147 Å². The van der Waals surface area contributed by atoms with E-state index in [2.05, 4.69) is 37.7 Å². The minimum Gasteiger partial charge on any atom is -0.494 e. The minimum absolute atomic E-state index is 0.0259. The van der Waals surface area contributed by atoms with Crippen LogP contribution in [0.1, 0.15) is 72.9 Å². The van der Waals surface area contributed by atoms with Gasteiger partial charge in [-0.05, 0) is 93.6 Å². The molecule has 13 nitrogen and oxygen atoms in total. The number of nitrogens with one attached hydrogen (secondary N) is 2. The summed E-state index contributed by atoms with van der Waals surface area (Å²) < 4.78 is 45.8. The maximum absolute atomic E-state index is 16.2. The molecule has 64 heavy (non-hydrogen) atoms. The van der Waals surface area contributed by atoms with Gasteiger partial charge >= 0.3 is 6.03 Å². The van der Waals surface area contributed by atoms with Gasteiger partial charge in [-0.25, -0.2) is 13.6 Å². The average Bonchev–Trinajstić information content (AvgIpc) is 3.78. The maximum Gasteiger partial charge on any atom is 0.329 e. The van der Waals surface area contributed by atoms with Crippen LogP contribution in [0.2, 0.25) is 5.02 Å². The van der Waals surface area contributed by atoms with Gasteiger partial charge in [0.15, 0.2) is 23.0 Å². The number of anilines is 2. The van der Waals surface area contributed by atoms with Gasteiger partial charge in [-0.15, -0.1) is 0 Å². The first-order valence-corrected chi connectivity index (χ1v) is 22.5. The van der Waals surface area contributed by atoms with Gasteiger partial charge in [-0.2, -0.15) is 5.10 Å². The average molecular weight is 895 g/mol. The van der Waals surface area contributed by atoms with Crippen molar-refractivity contribution in [3.05, 3.63) is 100 Å². The fraction of sp³-hybridized carbons (Fsp3) is 0.417. The number of hydrogen-bond donors (Lipinski definition) is 3. The summed E-state index contributed by atoms with van der Waals surface area (Å²) >= 11 is 6.70. The van der Waals surface area contributed by atoms with E-state index in [0.29, 0.717) is 30.4 Å². The summed E-state index contributed by atoms with van der Waals surface area (Å²) in [5.41, 5.74) is 7.83. The lowest BCUT2D eigenvalue weighted by Crippen LogP contribution is -2.50. The SMILES string of the molecule is COc1ccc(C(N)=O)c(-c2c(Cl)c(F)cc3c2[C@H](C)[C@@](CNC2CCN(CCC4CCN(c5ccc6c(N7CCC(=O)NC7=O)nn(C)c6c5)CC4)CC2)(c2ccccc2)O3)c1F. The van der Waals surface area contributed by atoms with E-state index in [1.807, 2.05) is 50.4 Å². The van der Waals surface area contributed by atoms with Crippen LogP contribution in [-0.2, 0) is 17.4 Å². The van der Waals surface area contributed by atoms with Crippen molar-refractivity contribution in [2.24, 2.45) is 18.7 Å². The molecule has 5 aromatic rings. The number of halogens is 3. The lowest BCUT2D eigenvalue weighted by molar-refractivity contribution is -0.120. The van der Waals surface area contributed by atoms with Crippen LogP contribution in [0.15, 0.2) is 66.7 Å². The second-order valence-corrected chi connectivity index (χ2v) is 17.9. The summed E-state index contributed by atoms with van der Waals surface area (Å²) in [6.45, 7) is 7.58. The van der Waals surface area contributed by atoms with E-state index >= 15 is 8.78 Å². The highest BCUT2D eigenvalue weighted by atomic mass is 35.5. The molecule has 3 saturated heterocycles. The molecule has 4 amide bonds. The summed E-state index contributed by atoms with van der Waals surface area (Å²) in [6, 6.07) is 19.7. The highest BCUT2D eigenvalue weighted by Gasteiger charge is 2.50. The van der Waals surface area contributed by atoms with Crippen molar-refractivity contribution in [3.8, 4) is 22.6 Å². The second kappa shape index (κ2) is 17.7. The molecule has 5 heterocycles. The molecule has 0 unspecified atom stereocenters. The van der Waals surface area contributed by atoms with Gasteiger partial charge < -0.3 is 30.3 Å². The van der Waals surface area contributed by atoms with Gasteiger partial charge in [0.1, 0.15) is 11.6 Å². The summed E-state index contributed by atoms with van der Waals surface area (Å²) in [7, 11) is 3.19. The van der Waals surface area contributed by atoms with E-state index in [1.165, 1.54) is 30.2 Å². The number of urea groups is 1. The quantitative estimate of drug-likeness (QED) is 0.116. The summed E-state index contributed by atoms with van der Waals surface area (Å²) in [6.07, 6.45) is 5.52. The number of carbonyl (C=O) groups is 3. The third-order valence-corrected chi connectivity index (χ3v) is 14.3. The van der Waals surface area contributed by atoms with Crippen LogP contribution in [0.25, 0.3) is 22.0 Å². The van der Waals surface area contributed by atoms with Crippen LogP contribution in [-0.4, -0.2) is 91.5 Å². The Hall–Kier alpha value is -5.77. The van der Waals surface area contributed by atoms with Gasteiger partial charge in [0.05, 0.1) is 23.2 Å². The third kappa shape index (κ3) is 7.91. The number of nitrogens with two attached hydrogens (primary N) is 1. The number of benzene rings is 4. The number of amides is 4. The van der Waals surface area contributed by atoms with Crippen LogP contribution in [0.5, 0.6) is 11.5 Å². The van der Waals surface area contributed by atoms with E-state index in [9.17, 15) is 14.4 Å². The number of aromatic nitrogens is 2. The Morgan fingerprint density at radius 3 is 2.45 bits per heavy atom. The number of ether oxygens (including phenoxy) is 2. The molecule has 4 aliphatic rings. The maximum atomic E-state index is 16.2. The molecule has 4 N–H and O–H groups in total. The normalized spacial score (nSPS) is 21.0. The van der Waals surface area contributed by atoms with Gasteiger partial charge in [0, 0.05) is 85.4 Å². The first kappa shape index (κ1) is 43.5. The molecule has 3 fully saturated rings. The van der Waals surface area contributed by atoms with Crippen molar-refractivity contribution in [2.45, 2.75) is 63.0 Å². The predicted molar refractivity (Wildman–Crippen MR) is 242 cm³/mol. The Balaban J connectivity index is 0.823. The third-order valence-electron chi connectivity index (χ3n) is 14.0. The molecule has 0 aliphatic carbocycles. The molecule has 2 atom stereocenters. The van der Waals surface area contributed by atoms with Crippen LogP contribution in [0, 0.1) is 17.6 Å². The molecular weight excluding hydrogens is 842 g/mol. The van der Waals surface area contributed by atoms with Gasteiger partial charge in [-0.1, -0.05) is 48.9 Å². The molecule has 0 spiro atoms. The van der Waals surface area contributed by atoms with E-state index < -0.39 is 35.1 Å². The highest BCUT2D eigenvalue weighted by molar-refractivity contribution is 6.34. The zero-order valence-corrected chi connectivity index (χ0v) is 37.0. The zero-order chi connectivity index (χ0) is 44.9. The number of fused-ring (bicyclic) bond motifs is 2. The molecule has 4 aromatic carbocycles. The Bertz CT molecular complexity index is 2610. The smallest absolute Gasteiger partial charge is 0.329 e. The van der Waals surface area contributed by atoms with E-state index in [0.717, 1.165) is 87.0 Å². The molecule has 1 aromatic heterocycles. The first-order valence-electron chi connectivity index (χ1n) is 22.1. The number of likely N-dealkylation sites (tertiary alicyclic amines) is 1. The summed E-state index contributed by atoms with van der Waals surface area (Å²) in [5.74, 6) is -1.99. The van der Waals surface area contributed by atoms with Crippen molar-refractivity contribution < 1.29 is 32.6 Å². The Labute approximate surface area is 375 Å². The lowest BCUT2D eigenvalue weighted by atomic mass is 9.77. The van der Waals surface area contributed by atoms with Crippen molar-refractivity contribution in [1.82, 2.24) is 25.3 Å². The van der Waals surface area contributed by atoms with Crippen LogP contribution >= 0.6 is 11.6 Å². The largest absolute Gasteiger partial charge is 0.494 e. The van der Waals surface area contributed by atoms with Gasteiger partial charge in [0.2, 0.25) is 11.8 Å². The molecule has 4 aliphatic heterocycles. The van der Waals surface area contributed by atoms with E-state index in [4.69, 9.17) is 26.8 Å². The standard InChI is InChI=1S/C48H53ClF2N8O5/c1-28-40-38(26-35(50)43(49)42(40)41-34(45(52)61)11-12-37(63-3)44(41)51)64-48(28,30-7-5-4-6-8-30)27-53-31-16-20-57(21-17-31)19-13-29-14-22-58(23-15-29)32-9-10-33-36(25-32)56(2)55-46(33)59-24-18-39(60)54-47(59)62/h4-12,25-26,28-29,31,53H,13-24,27H2,1-3H3,(H2,52,61)(H,54,60,62)/t28-,48-/m0/s1. The summed E-state index contributed by atoms with van der Waals surface area (Å²) in [5, 5.41) is 11.4. The Kier molecular flexibility index (Phi) is 12.0. The van der Waals surface area contributed by atoms with Crippen molar-refractivity contribution in [2.75, 3.05) is 62.7 Å². The number of nitrogens with zero attached hydrogens (tertiary/aromatic N) is 5. The first-order chi connectivity index (χ1) is 30.9. The Morgan fingerprint density at radius 2 is 1.75 bits per heavy atom. The summed E-state index contributed by atoms with van der Waals surface area (Å²) in [4.78, 5) is 43.4. The number of methoxy groups -OCH3 is 1. The molecule has 0 radical (unpaired) electrons. The van der Waals surface area contributed by atoms with Crippen LogP contribution in [0.3, 0.4) is 0 Å². The molecule has 336 valence electrons. The van der Waals surface area contributed by atoms with Crippen molar-refractivity contribution in [3.63, 3.8) is 0 Å². The van der Waals surface area contributed by atoms with Gasteiger partial charge in [0.25, 0.3) is 0 Å². The van der Waals surface area contributed by atoms with Gasteiger partial charge in [-0.3, -0.25) is 24.5 Å². The Morgan fingerprint density at radius 1 is 1.00 bits per heavy atom. The molecular formula is C48H53ClF2N8O5. The van der Waals surface area contributed by atoms with Crippen LogP contribution in [0.4, 0.5) is 25.1 Å². The lowest BCUT2D eigenvalue weighted by Gasteiger charge is -2.38. The fourth-order valence-electron chi connectivity index (χ4n) is 10.3. The number of rotatable bonds is 12. The fourth-order valence-corrected chi connectivity index (χ4v) is 10.5. The molecule has 9 rings (SSSR count). The molecule has 0 saturated carbocycles. The minimum atomic E-state index is -1.01. The zero-order valence-electron chi connectivity index (χ0n) is 36.3. The predicted octanol–water partition coefficient (Wildman–Crippen LogP) is 7.48. The second-order valence-electron chi connectivity index (χ2n) is 17.5. The number of carbonyl (C=O) groups excluding carboxylic acids is 3. The molecule has 16 heteroatoms. The van der Waals surface area contributed by atoms with Crippen molar-refractivity contribution in [1.29, 1.82) is 0 Å². The number of primary amides is 1. The number of aryl methyl sites for hydroxylation is 1. The van der Waals surface area contributed by atoms with E-state index in [-0.39, 0.29) is 51.6 Å². The molecule has 0 bridgehead atoms. The van der Waals surface area contributed by atoms with Crippen molar-refractivity contribution >= 4 is 51.9 Å². The number of hydrogen-bond acceptors (Lipinski definition) is 9. The monoisotopic (exact) mass is 894 g/mol. The number of piperidine rings is 2. The number of imide groups is 1. The van der Waals surface area contributed by atoms with Crippen LogP contribution < -0.4 is 35.6 Å². The highest BCUT2D eigenvalue weighted by Crippen LogP contribution is 2.56.